The highest BCUT2D eigenvalue weighted by Gasteiger charge is 2.24. The van der Waals surface area contributed by atoms with E-state index in [-0.39, 0.29) is 5.69 Å². The Bertz CT molecular complexity index is 796. The summed E-state index contributed by atoms with van der Waals surface area (Å²) in [6, 6.07) is 6.52. The normalized spacial score (nSPS) is 14.3. The minimum Gasteiger partial charge on any atom is -0.464 e. The number of benzene rings is 1. The topological polar surface area (TPSA) is 88.7 Å². The molecule has 0 atom stereocenters. The maximum atomic E-state index is 12.1. The molecule has 1 aromatic carbocycles. The lowest BCUT2D eigenvalue weighted by Crippen LogP contribution is -2.23. The smallest absolute Gasteiger partial charge is 0.414 e. The van der Waals surface area contributed by atoms with Gasteiger partial charge in [0.15, 0.2) is 0 Å². The van der Waals surface area contributed by atoms with Crippen molar-refractivity contribution in [3.8, 4) is 0 Å². The molecule has 0 saturated carbocycles. The number of aromatic nitrogens is 1. The van der Waals surface area contributed by atoms with Crippen LogP contribution in [-0.4, -0.2) is 37.3 Å². The second-order valence-corrected chi connectivity index (χ2v) is 4.54. The van der Waals surface area contributed by atoms with Gasteiger partial charge in [0.05, 0.1) is 13.7 Å². The predicted molar refractivity (Wildman–Crippen MR) is 74.6 cm³/mol. The van der Waals surface area contributed by atoms with Crippen molar-refractivity contribution in [2.75, 3.05) is 25.2 Å². The number of nitrogens with zero attached hydrogens (tertiary/aromatic N) is 1. The number of esters is 1. The molecule has 7 heteroatoms. The number of fused-ring (bicyclic) bond motifs is 1. The molecule has 1 N–H and O–H groups in total. The molecule has 1 amide bonds. The standard InChI is InChI=1S/C14H12N2O5/c1-20-13(18)11-6-8-2-3-9(7-10(8)12(17)15-11)16-4-5-21-14(16)19/h2-3,6-7H,4-5H2,1H3,(H,15,17). The van der Waals surface area contributed by atoms with Crippen LogP contribution in [0.25, 0.3) is 10.8 Å². The fourth-order valence-electron chi connectivity index (χ4n) is 2.26. The van der Waals surface area contributed by atoms with Gasteiger partial charge >= 0.3 is 12.1 Å². The second kappa shape index (κ2) is 4.93. The predicted octanol–water partition coefficient (Wildman–Crippen LogP) is 1.27. The number of hydrogen-bond acceptors (Lipinski definition) is 5. The van der Waals surface area contributed by atoms with Gasteiger partial charge in [0.25, 0.3) is 5.56 Å². The van der Waals surface area contributed by atoms with Crippen molar-refractivity contribution in [1.82, 2.24) is 4.98 Å². The van der Waals surface area contributed by atoms with Crippen molar-refractivity contribution < 1.29 is 19.1 Å². The van der Waals surface area contributed by atoms with Gasteiger partial charge in [-0.2, -0.15) is 0 Å². The van der Waals surface area contributed by atoms with E-state index in [0.717, 1.165) is 0 Å². The first kappa shape index (κ1) is 13.2. The lowest BCUT2D eigenvalue weighted by atomic mass is 10.1. The summed E-state index contributed by atoms with van der Waals surface area (Å²) in [6.07, 6.45) is -0.433. The minimum atomic E-state index is -0.610. The number of nitrogens with one attached hydrogen (secondary N) is 1. The maximum Gasteiger partial charge on any atom is 0.414 e. The lowest BCUT2D eigenvalue weighted by molar-refractivity contribution is 0.0594. The zero-order valence-corrected chi connectivity index (χ0v) is 11.2. The van der Waals surface area contributed by atoms with E-state index in [9.17, 15) is 14.4 Å². The van der Waals surface area contributed by atoms with Gasteiger partial charge in [0.2, 0.25) is 0 Å². The molecule has 0 spiro atoms. The van der Waals surface area contributed by atoms with Gasteiger partial charge in [-0.15, -0.1) is 0 Å². The van der Waals surface area contributed by atoms with Crippen LogP contribution in [0.5, 0.6) is 0 Å². The van der Waals surface area contributed by atoms with Gasteiger partial charge in [-0.3, -0.25) is 9.69 Å². The molecule has 2 heterocycles. The molecule has 3 rings (SSSR count). The van der Waals surface area contributed by atoms with Gasteiger partial charge in [0, 0.05) is 11.1 Å². The van der Waals surface area contributed by atoms with Crippen molar-refractivity contribution in [1.29, 1.82) is 0 Å². The second-order valence-electron chi connectivity index (χ2n) is 4.54. The summed E-state index contributed by atoms with van der Waals surface area (Å²) in [4.78, 5) is 39.0. The van der Waals surface area contributed by atoms with Crippen LogP contribution in [0.1, 0.15) is 10.5 Å². The number of pyridine rings is 1. The van der Waals surface area contributed by atoms with Crippen molar-refractivity contribution in [2.24, 2.45) is 0 Å². The third-order valence-electron chi connectivity index (χ3n) is 3.31. The highest BCUT2D eigenvalue weighted by Crippen LogP contribution is 2.23. The van der Waals surface area contributed by atoms with Crippen molar-refractivity contribution >= 4 is 28.5 Å². The molecule has 0 aliphatic carbocycles. The number of carbonyl (C=O) groups is 2. The molecule has 108 valence electrons. The molecule has 1 aliphatic rings. The molecular weight excluding hydrogens is 276 g/mol. The Morgan fingerprint density at radius 1 is 1.33 bits per heavy atom. The fraction of sp³-hybridized carbons (Fsp3) is 0.214. The Balaban J connectivity index is 2.10. The van der Waals surface area contributed by atoms with Crippen LogP contribution in [-0.2, 0) is 9.47 Å². The van der Waals surface area contributed by atoms with Crippen LogP contribution in [0.4, 0.5) is 10.5 Å². The zero-order chi connectivity index (χ0) is 15.0. The molecule has 1 saturated heterocycles. The summed E-state index contributed by atoms with van der Waals surface area (Å²) < 4.78 is 9.45. The van der Waals surface area contributed by atoms with Gasteiger partial charge in [-0.05, 0) is 23.6 Å². The Hall–Kier alpha value is -2.83. The average molecular weight is 288 g/mol. The molecule has 1 aromatic heterocycles. The van der Waals surface area contributed by atoms with E-state index < -0.39 is 17.6 Å². The van der Waals surface area contributed by atoms with E-state index in [0.29, 0.717) is 29.6 Å². The Morgan fingerprint density at radius 3 is 2.81 bits per heavy atom. The first-order valence-electron chi connectivity index (χ1n) is 6.30. The van der Waals surface area contributed by atoms with Crippen LogP contribution in [0.15, 0.2) is 29.1 Å². The van der Waals surface area contributed by atoms with Crippen molar-refractivity contribution in [3.63, 3.8) is 0 Å². The summed E-state index contributed by atoms with van der Waals surface area (Å²) in [7, 11) is 1.24. The quantitative estimate of drug-likeness (QED) is 0.841. The Morgan fingerprint density at radius 2 is 2.14 bits per heavy atom. The van der Waals surface area contributed by atoms with Gasteiger partial charge in [-0.25, -0.2) is 9.59 Å². The van der Waals surface area contributed by atoms with Gasteiger partial charge < -0.3 is 14.5 Å². The number of hydrogen-bond donors (Lipinski definition) is 1. The van der Waals surface area contributed by atoms with E-state index in [2.05, 4.69) is 9.72 Å². The van der Waals surface area contributed by atoms with E-state index >= 15 is 0 Å². The third kappa shape index (κ3) is 2.22. The molecule has 1 aliphatic heterocycles. The number of aromatic amines is 1. The number of carbonyl (C=O) groups excluding carboxylic acids is 2. The summed E-state index contributed by atoms with van der Waals surface area (Å²) in [5, 5.41) is 0.982. The molecular formula is C14H12N2O5. The van der Waals surface area contributed by atoms with Crippen LogP contribution < -0.4 is 10.5 Å². The third-order valence-corrected chi connectivity index (χ3v) is 3.31. The Kier molecular flexibility index (Phi) is 3.09. The van der Waals surface area contributed by atoms with Crippen molar-refractivity contribution in [2.45, 2.75) is 0 Å². The summed E-state index contributed by atoms with van der Waals surface area (Å²) in [6.45, 7) is 0.775. The Labute approximate surface area is 119 Å². The first-order chi connectivity index (χ1) is 10.1. The number of methoxy groups -OCH3 is 1. The monoisotopic (exact) mass is 288 g/mol. The molecule has 21 heavy (non-hydrogen) atoms. The number of anilines is 1. The number of rotatable bonds is 2. The maximum absolute atomic E-state index is 12.1. The highest BCUT2D eigenvalue weighted by atomic mass is 16.6. The van der Waals surface area contributed by atoms with Crippen LogP contribution in [0.2, 0.25) is 0 Å². The molecule has 0 bridgehead atoms. The van der Waals surface area contributed by atoms with Crippen LogP contribution >= 0.6 is 0 Å². The van der Waals surface area contributed by atoms with Gasteiger partial charge in [0.1, 0.15) is 12.3 Å². The summed E-state index contributed by atoms with van der Waals surface area (Å²) in [5.41, 5.74) is 0.256. The molecule has 2 aromatic rings. The fourth-order valence-corrected chi connectivity index (χ4v) is 2.26. The van der Waals surface area contributed by atoms with Crippen LogP contribution in [0, 0.1) is 0 Å². The van der Waals surface area contributed by atoms with E-state index in [1.165, 1.54) is 18.1 Å². The van der Waals surface area contributed by atoms with Crippen LogP contribution in [0.3, 0.4) is 0 Å². The van der Waals surface area contributed by atoms with Crippen molar-refractivity contribution in [3.05, 3.63) is 40.3 Å². The highest BCUT2D eigenvalue weighted by molar-refractivity contribution is 5.96. The summed E-state index contributed by atoms with van der Waals surface area (Å²) >= 11 is 0. The van der Waals surface area contributed by atoms with E-state index in [1.54, 1.807) is 18.2 Å². The molecule has 1 fully saturated rings. The SMILES string of the molecule is COC(=O)c1cc2ccc(N3CCOC3=O)cc2c(=O)[nH]1. The zero-order valence-electron chi connectivity index (χ0n) is 11.2. The van der Waals surface area contributed by atoms with E-state index in [1.807, 2.05) is 0 Å². The molecule has 0 radical (unpaired) electrons. The summed E-state index contributed by atoms with van der Waals surface area (Å²) in [5.74, 6) is -0.610. The number of ether oxygens (including phenoxy) is 2. The first-order valence-corrected chi connectivity index (χ1v) is 6.30. The average Bonchev–Trinajstić information content (AvgIpc) is 2.92. The number of H-pyrrole nitrogens is 1. The lowest BCUT2D eigenvalue weighted by Gasteiger charge is -2.13. The minimum absolute atomic E-state index is 0.0864. The molecule has 7 nitrogen and oxygen atoms in total. The largest absolute Gasteiger partial charge is 0.464 e. The van der Waals surface area contributed by atoms with E-state index in [4.69, 9.17) is 4.74 Å². The van der Waals surface area contributed by atoms with Gasteiger partial charge in [-0.1, -0.05) is 6.07 Å². The molecule has 0 unspecified atom stereocenters. The number of cyclic esters (lactones) is 1. The number of amides is 1.